The molecule has 1 aromatic carbocycles. The third-order valence-electron chi connectivity index (χ3n) is 3.60. The van der Waals surface area contributed by atoms with Crippen molar-refractivity contribution in [1.82, 2.24) is 9.88 Å². The molecule has 0 saturated carbocycles. The normalized spacial score (nSPS) is 11.7. The number of fused-ring (bicyclic) bond motifs is 1. The minimum Gasteiger partial charge on any atom is -0.495 e. The quantitative estimate of drug-likeness (QED) is 0.878. The fourth-order valence-electron chi connectivity index (χ4n) is 2.12. The Morgan fingerprint density at radius 2 is 2.11 bits per heavy atom. The van der Waals surface area contributed by atoms with Gasteiger partial charge in [0.15, 0.2) is 0 Å². The lowest BCUT2D eigenvalue weighted by molar-refractivity contribution is 0.278. The Morgan fingerprint density at radius 1 is 1.33 bits per heavy atom. The van der Waals surface area contributed by atoms with Crippen molar-refractivity contribution in [3.63, 3.8) is 0 Å². The molecule has 3 heteroatoms. The van der Waals surface area contributed by atoms with Gasteiger partial charge in [-0.1, -0.05) is 12.1 Å². The predicted octanol–water partition coefficient (Wildman–Crippen LogP) is 3.06. The van der Waals surface area contributed by atoms with Crippen LogP contribution < -0.4 is 4.74 Å². The second-order valence-corrected chi connectivity index (χ2v) is 5.02. The van der Waals surface area contributed by atoms with Gasteiger partial charge in [0.05, 0.1) is 12.6 Å². The zero-order chi connectivity index (χ0) is 13.1. The predicted molar refractivity (Wildman–Crippen MR) is 76.3 cm³/mol. The summed E-state index contributed by atoms with van der Waals surface area (Å²) in [5, 5.41) is 1.27. The van der Waals surface area contributed by atoms with Crippen molar-refractivity contribution in [3.05, 3.63) is 30.0 Å². The molecule has 0 bridgehead atoms. The molecular formula is C15H22N2O. The van der Waals surface area contributed by atoms with Crippen LogP contribution in [0.25, 0.3) is 10.9 Å². The van der Waals surface area contributed by atoms with Crippen LogP contribution in [0.15, 0.2) is 24.4 Å². The standard InChI is InChI=1S/C15H22N2O/c1-11(2)17(3)9-8-12-10-16-15-13(12)6-5-7-14(15)18-4/h5-7,10-11,16H,8-9H2,1-4H3. The molecule has 1 heterocycles. The first-order valence-electron chi connectivity index (χ1n) is 6.46. The average Bonchev–Trinajstić information content (AvgIpc) is 2.78. The van der Waals surface area contributed by atoms with Gasteiger partial charge in [-0.05, 0) is 38.9 Å². The molecule has 0 aliphatic heterocycles. The Labute approximate surface area is 109 Å². The second-order valence-electron chi connectivity index (χ2n) is 5.02. The first-order valence-corrected chi connectivity index (χ1v) is 6.46. The molecule has 0 unspecified atom stereocenters. The number of hydrogen-bond donors (Lipinski definition) is 1. The van der Waals surface area contributed by atoms with Crippen molar-refractivity contribution >= 4 is 10.9 Å². The van der Waals surface area contributed by atoms with Crippen molar-refractivity contribution < 1.29 is 4.74 Å². The summed E-state index contributed by atoms with van der Waals surface area (Å²) in [7, 11) is 3.88. The number of aromatic nitrogens is 1. The molecule has 1 aromatic heterocycles. The van der Waals surface area contributed by atoms with Crippen molar-refractivity contribution in [1.29, 1.82) is 0 Å². The summed E-state index contributed by atoms with van der Waals surface area (Å²) in [6.07, 6.45) is 3.16. The highest BCUT2D eigenvalue weighted by atomic mass is 16.5. The van der Waals surface area contributed by atoms with Crippen molar-refractivity contribution in [3.8, 4) is 5.75 Å². The Morgan fingerprint density at radius 3 is 2.78 bits per heavy atom. The average molecular weight is 246 g/mol. The molecule has 0 saturated heterocycles. The summed E-state index contributed by atoms with van der Waals surface area (Å²) in [4.78, 5) is 5.68. The lowest BCUT2D eigenvalue weighted by Crippen LogP contribution is -2.28. The molecule has 1 N–H and O–H groups in total. The lowest BCUT2D eigenvalue weighted by Gasteiger charge is -2.20. The molecule has 18 heavy (non-hydrogen) atoms. The summed E-state index contributed by atoms with van der Waals surface area (Å²) in [6.45, 7) is 5.51. The van der Waals surface area contributed by atoms with E-state index in [0.717, 1.165) is 24.2 Å². The van der Waals surface area contributed by atoms with E-state index in [-0.39, 0.29) is 0 Å². The van der Waals surface area contributed by atoms with Gasteiger partial charge in [0.25, 0.3) is 0 Å². The zero-order valence-corrected chi connectivity index (χ0v) is 11.7. The molecule has 0 spiro atoms. The van der Waals surface area contributed by atoms with Crippen LogP contribution in [-0.4, -0.2) is 36.6 Å². The molecule has 0 fully saturated rings. The van der Waals surface area contributed by atoms with Crippen molar-refractivity contribution in [2.45, 2.75) is 26.3 Å². The van der Waals surface area contributed by atoms with Gasteiger partial charge in [-0.25, -0.2) is 0 Å². The Kier molecular flexibility index (Phi) is 3.92. The number of likely N-dealkylation sites (N-methyl/N-ethyl adjacent to an activating group) is 1. The zero-order valence-electron chi connectivity index (χ0n) is 11.7. The fraction of sp³-hybridized carbons (Fsp3) is 0.467. The molecule has 0 atom stereocenters. The maximum atomic E-state index is 5.36. The Bertz CT molecular complexity index is 516. The minimum absolute atomic E-state index is 0.588. The van der Waals surface area contributed by atoms with Gasteiger partial charge in [-0.3, -0.25) is 0 Å². The number of hydrogen-bond acceptors (Lipinski definition) is 2. The first-order chi connectivity index (χ1) is 8.63. The molecule has 0 aliphatic carbocycles. The number of nitrogens with zero attached hydrogens (tertiary/aromatic N) is 1. The van der Waals surface area contributed by atoms with E-state index in [9.17, 15) is 0 Å². The molecule has 98 valence electrons. The highest BCUT2D eigenvalue weighted by Gasteiger charge is 2.09. The number of rotatable bonds is 5. The number of methoxy groups -OCH3 is 1. The van der Waals surface area contributed by atoms with E-state index < -0.39 is 0 Å². The van der Waals surface area contributed by atoms with Crippen LogP contribution in [0.3, 0.4) is 0 Å². The molecule has 3 nitrogen and oxygen atoms in total. The van der Waals surface area contributed by atoms with Crippen molar-refractivity contribution in [2.75, 3.05) is 20.7 Å². The second kappa shape index (κ2) is 5.44. The molecule has 0 radical (unpaired) electrons. The maximum Gasteiger partial charge on any atom is 0.142 e. The Balaban J connectivity index is 2.20. The van der Waals surface area contributed by atoms with E-state index in [1.807, 2.05) is 12.1 Å². The number of aromatic amines is 1. The summed E-state index contributed by atoms with van der Waals surface area (Å²) >= 11 is 0. The topological polar surface area (TPSA) is 28.3 Å². The van der Waals surface area contributed by atoms with Crippen molar-refractivity contribution in [2.24, 2.45) is 0 Å². The number of para-hydroxylation sites is 1. The highest BCUT2D eigenvalue weighted by Crippen LogP contribution is 2.27. The summed E-state index contributed by atoms with van der Waals surface area (Å²) in [5.74, 6) is 0.913. The first kappa shape index (κ1) is 13.0. The van der Waals surface area contributed by atoms with Crippen LogP contribution in [0, 0.1) is 0 Å². The van der Waals surface area contributed by atoms with E-state index in [0.29, 0.717) is 6.04 Å². The minimum atomic E-state index is 0.588. The van der Waals surface area contributed by atoms with Gasteiger partial charge in [0.2, 0.25) is 0 Å². The van der Waals surface area contributed by atoms with E-state index in [4.69, 9.17) is 4.74 Å². The van der Waals surface area contributed by atoms with E-state index >= 15 is 0 Å². The largest absolute Gasteiger partial charge is 0.495 e. The molecule has 2 rings (SSSR count). The monoisotopic (exact) mass is 246 g/mol. The van der Waals surface area contributed by atoms with Gasteiger partial charge >= 0.3 is 0 Å². The van der Waals surface area contributed by atoms with Crippen LogP contribution in [0.2, 0.25) is 0 Å². The summed E-state index contributed by atoms with van der Waals surface area (Å²) < 4.78 is 5.36. The number of H-pyrrole nitrogens is 1. The van der Waals surface area contributed by atoms with Gasteiger partial charge in [0.1, 0.15) is 5.75 Å². The van der Waals surface area contributed by atoms with Gasteiger partial charge in [-0.15, -0.1) is 0 Å². The highest BCUT2D eigenvalue weighted by molar-refractivity contribution is 5.88. The molecular weight excluding hydrogens is 224 g/mol. The molecule has 2 aromatic rings. The van der Waals surface area contributed by atoms with E-state index in [1.165, 1.54) is 10.9 Å². The van der Waals surface area contributed by atoms with Gasteiger partial charge in [-0.2, -0.15) is 0 Å². The Hall–Kier alpha value is -1.48. The van der Waals surface area contributed by atoms with Crippen LogP contribution in [0.5, 0.6) is 5.75 Å². The lowest BCUT2D eigenvalue weighted by atomic mass is 10.1. The van der Waals surface area contributed by atoms with Gasteiger partial charge < -0.3 is 14.6 Å². The summed E-state index contributed by atoms with van der Waals surface area (Å²) in [5.41, 5.74) is 2.46. The molecule has 0 amide bonds. The van der Waals surface area contributed by atoms with Crippen LogP contribution >= 0.6 is 0 Å². The third kappa shape index (κ3) is 2.51. The SMILES string of the molecule is COc1cccc2c(CCN(C)C(C)C)c[nH]c12. The summed E-state index contributed by atoms with van der Waals surface area (Å²) in [6, 6.07) is 6.77. The third-order valence-corrected chi connectivity index (χ3v) is 3.60. The number of ether oxygens (including phenoxy) is 1. The fourth-order valence-corrected chi connectivity index (χ4v) is 2.12. The number of benzene rings is 1. The molecule has 0 aliphatic rings. The van der Waals surface area contributed by atoms with Crippen LogP contribution in [0.4, 0.5) is 0 Å². The van der Waals surface area contributed by atoms with E-state index in [1.54, 1.807) is 7.11 Å². The van der Waals surface area contributed by atoms with Gasteiger partial charge in [0, 0.05) is 24.2 Å². The number of nitrogens with one attached hydrogen (secondary N) is 1. The van der Waals surface area contributed by atoms with Crippen LogP contribution in [0.1, 0.15) is 19.4 Å². The smallest absolute Gasteiger partial charge is 0.142 e. The van der Waals surface area contributed by atoms with E-state index in [2.05, 4.69) is 43.0 Å². The van der Waals surface area contributed by atoms with Crippen LogP contribution in [-0.2, 0) is 6.42 Å². The maximum absolute atomic E-state index is 5.36.